The minimum Gasteiger partial charge on any atom is -0.493 e. The van der Waals surface area contributed by atoms with E-state index in [1.807, 2.05) is 42.8 Å². The second-order valence-electron chi connectivity index (χ2n) is 7.08. The molecule has 10 heteroatoms. The standard InChI is InChI=1S/C19H23N5O4S/c1-13-18(23(2)12-20-13)19-21-17(10-28-16-7-5-4-6-15(16)27-3)22-24(19)14-8-9-29(25,26)11-14/h4-7,12,14H,8-11H2,1-3H3. The fraction of sp³-hybridized carbons (Fsp3) is 0.421. The van der Waals surface area contributed by atoms with E-state index in [-0.39, 0.29) is 24.2 Å². The molecule has 1 aliphatic heterocycles. The Morgan fingerprint density at radius 2 is 2.00 bits per heavy atom. The Bertz CT molecular complexity index is 1120. The van der Waals surface area contributed by atoms with Crippen LogP contribution in [0.15, 0.2) is 30.6 Å². The molecule has 0 aliphatic carbocycles. The Kier molecular flexibility index (Phi) is 5.03. The molecule has 3 aromatic rings. The maximum atomic E-state index is 12.0. The average molecular weight is 417 g/mol. The molecule has 1 aliphatic rings. The normalized spacial score (nSPS) is 18.1. The first kappa shape index (κ1) is 19.4. The van der Waals surface area contributed by atoms with Gasteiger partial charge in [0, 0.05) is 7.05 Å². The zero-order chi connectivity index (χ0) is 20.6. The Balaban J connectivity index is 1.68. The minimum atomic E-state index is -3.06. The van der Waals surface area contributed by atoms with E-state index >= 15 is 0 Å². The summed E-state index contributed by atoms with van der Waals surface area (Å²) in [5, 5.41) is 4.60. The van der Waals surface area contributed by atoms with Gasteiger partial charge in [-0.1, -0.05) is 12.1 Å². The number of rotatable bonds is 6. The van der Waals surface area contributed by atoms with Gasteiger partial charge in [0.2, 0.25) is 0 Å². The van der Waals surface area contributed by atoms with Gasteiger partial charge in [0.1, 0.15) is 12.3 Å². The largest absolute Gasteiger partial charge is 0.493 e. The molecule has 2 aromatic heterocycles. The molecule has 29 heavy (non-hydrogen) atoms. The maximum absolute atomic E-state index is 12.0. The van der Waals surface area contributed by atoms with Crippen LogP contribution in [-0.2, 0) is 23.5 Å². The predicted octanol–water partition coefficient (Wildman–Crippen LogP) is 1.93. The molecule has 1 aromatic carbocycles. The van der Waals surface area contributed by atoms with Crippen LogP contribution < -0.4 is 9.47 Å². The highest BCUT2D eigenvalue weighted by Gasteiger charge is 2.33. The van der Waals surface area contributed by atoms with Crippen molar-refractivity contribution in [3.63, 3.8) is 0 Å². The molecule has 1 saturated heterocycles. The molecular weight excluding hydrogens is 394 g/mol. The van der Waals surface area contributed by atoms with Crippen molar-refractivity contribution in [3.8, 4) is 23.0 Å². The summed E-state index contributed by atoms with van der Waals surface area (Å²) in [6, 6.07) is 7.10. The number of hydrogen-bond donors (Lipinski definition) is 0. The topological polar surface area (TPSA) is 101 Å². The quantitative estimate of drug-likeness (QED) is 0.604. The highest BCUT2D eigenvalue weighted by Crippen LogP contribution is 2.30. The third-order valence-electron chi connectivity index (χ3n) is 4.99. The molecule has 0 bridgehead atoms. The molecule has 0 radical (unpaired) electrons. The van der Waals surface area contributed by atoms with Gasteiger partial charge < -0.3 is 14.0 Å². The average Bonchev–Trinajstić information content (AvgIpc) is 3.37. The van der Waals surface area contributed by atoms with Gasteiger partial charge in [-0.3, -0.25) is 0 Å². The van der Waals surface area contributed by atoms with Crippen molar-refractivity contribution in [1.82, 2.24) is 24.3 Å². The van der Waals surface area contributed by atoms with Gasteiger partial charge in [-0.25, -0.2) is 23.1 Å². The van der Waals surface area contributed by atoms with Gasteiger partial charge in [-0.2, -0.15) is 5.10 Å². The summed E-state index contributed by atoms with van der Waals surface area (Å²) in [7, 11) is 0.399. The summed E-state index contributed by atoms with van der Waals surface area (Å²) in [5.41, 5.74) is 1.62. The van der Waals surface area contributed by atoms with E-state index in [2.05, 4.69) is 15.1 Å². The lowest BCUT2D eigenvalue weighted by Crippen LogP contribution is -2.15. The van der Waals surface area contributed by atoms with Gasteiger partial charge in [-0.15, -0.1) is 0 Å². The number of aryl methyl sites for hydroxylation is 2. The van der Waals surface area contributed by atoms with Crippen LogP contribution in [0.1, 0.15) is 24.0 Å². The van der Waals surface area contributed by atoms with Crippen LogP contribution in [0.2, 0.25) is 0 Å². The molecule has 3 heterocycles. The van der Waals surface area contributed by atoms with E-state index in [4.69, 9.17) is 9.47 Å². The zero-order valence-electron chi connectivity index (χ0n) is 16.6. The molecule has 154 valence electrons. The van der Waals surface area contributed by atoms with Crippen molar-refractivity contribution in [2.75, 3.05) is 18.6 Å². The third kappa shape index (κ3) is 3.84. The number of nitrogens with zero attached hydrogens (tertiary/aromatic N) is 5. The van der Waals surface area contributed by atoms with E-state index in [1.165, 1.54) is 0 Å². The number of benzene rings is 1. The Labute approximate surface area is 169 Å². The number of aromatic nitrogens is 5. The van der Waals surface area contributed by atoms with E-state index in [0.717, 1.165) is 11.4 Å². The smallest absolute Gasteiger partial charge is 0.188 e. The summed E-state index contributed by atoms with van der Waals surface area (Å²) in [6.45, 7) is 2.03. The van der Waals surface area contributed by atoms with Gasteiger partial charge in [0.25, 0.3) is 0 Å². The summed E-state index contributed by atoms with van der Waals surface area (Å²) in [5.74, 6) is 2.50. The van der Waals surface area contributed by atoms with Crippen molar-refractivity contribution >= 4 is 9.84 Å². The molecule has 4 rings (SSSR count). The van der Waals surface area contributed by atoms with E-state index < -0.39 is 9.84 Å². The van der Waals surface area contributed by atoms with Crippen LogP contribution in [-0.4, -0.2) is 51.3 Å². The number of ether oxygens (including phenoxy) is 2. The Morgan fingerprint density at radius 3 is 2.62 bits per heavy atom. The fourth-order valence-electron chi connectivity index (χ4n) is 3.56. The van der Waals surface area contributed by atoms with Crippen molar-refractivity contribution < 1.29 is 17.9 Å². The van der Waals surface area contributed by atoms with Crippen LogP contribution in [0.4, 0.5) is 0 Å². The van der Waals surface area contributed by atoms with E-state index in [9.17, 15) is 8.42 Å². The van der Waals surface area contributed by atoms with Crippen LogP contribution in [0.25, 0.3) is 11.5 Å². The molecule has 0 N–H and O–H groups in total. The first-order chi connectivity index (χ1) is 13.9. The molecule has 1 unspecified atom stereocenters. The lowest BCUT2D eigenvalue weighted by molar-refractivity contribution is 0.275. The monoisotopic (exact) mass is 417 g/mol. The van der Waals surface area contributed by atoms with Crippen molar-refractivity contribution in [1.29, 1.82) is 0 Å². The van der Waals surface area contributed by atoms with Gasteiger partial charge in [0.15, 0.2) is 33.0 Å². The van der Waals surface area contributed by atoms with Gasteiger partial charge >= 0.3 is 0 Å². The summed E-state index contributed by atoms with van der Waals surface area (Å²) >= 11 is 0. The number of hydrogen-bond acceptors (Lipinski definition) is 7. The van der Waals surface area contributed by atoms with Crippen molar-refractivity contribution in [2.45, 2.75) is 26.0 Å². The highest BCUT2D eigenvalue weighted by atomic mass is 32.2. The first-order valence-electron chi connectivity index (χ1n) is 9.28. The first-order valence-corrected chi connectivity index (χ1v) is 11.1. The molecule has 0 saturated carbocycles. The lowest BCUT2D eigenvalue weighted by atomic mass is 10.2. The number of imidazole rings is 1. The summed E-state index contributed by atoms with van der Waals surface area (Å²) in [4.78, 5) is 9.00. The predicted molar refractivity (Wildman–Crippen MR) is 107 cm³/mol. The second-order valence-corrected chi connectivity index (χ2v) is 9.31. The van der Waals surface area contributed by atoms with Crippen molar-refractivity contribution in [3.05, 3.63) is 42.1 Å². The maximum Gasteiger partial charge on any atom is 0.188 e. The third-order valence-corrected chi connectivity index (χ3v) is 6.74. The van der Waals surface area contributed by atoms with Gasteiger partial charge in [0.05, 0.1) is 36.7 Å². The number of sulfone groups is 1. The fourth-order valence-corrected chi connectivity index (χ4v) is 5.25. The second kappa shape index (κ2) is 7.51. The Hall–Kier alpha value is -2.88. The zero-order valence-corrected chi connectivity index (χ0v) is 17.4. The SMILES string of the molecule is COc1ccccc1OCc1nc(-c2c(C)ncn2C)n(C2CCS(=O)(=O)C2)n1. The lowest BCUT2D eigenvalue weighted by Gasteiger charge is -2.12. The number of para-hydroxylation sites is 2. The summed E-state index contributed by atoms with van der Waals surface area (Å²) in [6.07, 6.45) is 2.22. The Morgan fingerprint density at radius 1 is 1.24 bits per heavy atom. The molecular formula is C19H23N5O4S. The van der Waals surface area contributed by atoms with E-state index in [0.29, 0.717) is 29.6 Å². The van der Waals surface area contributed by atoms with Crippen LogP contribution >= 0.6 is 0 Å². The molecule has 0 amide bonds. The highest BCUT2D eigenvalue weighted by molar-refractivity contribution is 7.91. The number of methoxy groups -OCH3 is 1. The van der Waals surface area contributed by atoms with E-state index in [1.54, 1.807) is 18.1 Å². The molecule has 1 atom stereocenters. The van der Waals surface area contributed by atoms with Crippen LogP contribution in [0.3, 0.4) is 0 Å². The molecule has 0 spiro atoms. The van der Waals surface area contributed by atoms with Crippen LogP contribution in [0, 0.1) is 6.92 Å². The minimum absolute atomic E-state index is 0.0626. The summed E-state index contributed by atoms with van der Waals surface area (Å²) < 4.78 is 38.8. The molecule has 1 fully saturated rings. The molecule has 9 nitrogen and oxygen atoms in total. The van der Waals surface area contributed by atoms with Crippen molar-refractivity contribution in [2.24, 2.45) is 7.05 Å². The van der Waals surface area contributed by atoms with Crippen LogP contribution in [0.5, 0.6) is 11.5 Å². The van der Waals surface area contributed by atoms with Gasteiger partial charge in [-0.05, 0) is 25.5 Å².